The van der Waals surface area contributed by atoms with E-state index in [-0.39, 0.29) is 23.7 Å². The normalized spacial score (nSPS) is 13.8. The van der Waals surface area contributed by atoms with Gasteiger partial charge in [0.1, 0.15) is 23.1 Å². The molecule has 0 aliphatic heterocycles. The largest absolute Gasteiger partial charge is 0.444 e. The van der Waals surface area contributed by atoms with Crippen LogP contribution < -0.4 is 17.0 Å². The number of amidine groups is 1. The molecule has 0 spiro atoms. The van der Waals surface area contributed by atoms with Crippen molar-refractivity contribution in [2.45, 2.75) is 59.5 Å². The third-order valence-electron chi connectivity index (χ3n) is 5.16. The maximum atomic E-state index is 13.6. The smallest absolute Gasteiger partial charge is 0.410 e. The number of halogens is 2. The third-order valence-corrected chi connectivity index (χ3v) is 6.43. The molecule has 0 aliphatic rings. The maximum absolute atomic E-state index is 13.6. The molecule has 2 aromatic heterocycles. The molecule has 12 heteroatoms. The second-order valence-electron chi connectivity index (χ2n) is 9.22. The van der Waals surface area contributed by atoms with Crippen LogP contribution >= 0.6 is 11.3 Å². The Kier molecular flexibility index (Phi) is 10.3. The Balaban J connectivity index is 2.17. The number of aliphatic imine (C=N–C) groups is 1. The summed E-state index contributed by atoms with van der Waals surface area (Å²) in [4.78, 5) is 27.6. The van der Waals surface area contributed by atoms with Gasteiger partial charge in [-0.05, 0) is 47.1 Å². The maximum Gasteiger partial charge on any atom is 0.410 e. The van der Waals surface area contributed by atoms with E-state index in [1.807, 2.05) is 27.7 Å². The van der Waals surface area contributed by atoms with E-state index in [0.717, 1.165) is 22.4 Å². The van der Waals surface area contributed by atoms with Gasteiger partial charge in [-0.2, -0.15) is 0 Å². The highest BCUT2D eigenvalue weighted by Gasteiger charge is 2.22. The average Bonchev–Trinajstić information content (AvgIpc) is 3.29. The fourth-order valence-corrected chi connectivity index (χ4v) is 4.08. The van der Waals surface area contributed by atoms with Crippen LogP contribution in [0.25, 0.3) is 10.4 Å². The number of nitrogens with two attached hydrogens (primary N) is 2. The van der Waals surface area contributed by atoms with Gasteiger partial charge in [-0.25, -0.2) is 29.4 Å². The minimum atomic E-state index is -1.00. The van der Waals surface area contributed by atoms with E-state index in [1.54, 1.807) is 23.4 Å². The highest BCUT2D eigenvalue weighted by Crippen LogP contribution is 2.32. The van der Waals surface area contributed by atoms with Crippen LogP contribution in [0.2, 0.25) is 0 Å². The number of amides is 1. The lowest BCUT2D eigenvalue weighted by Gasteiger charge is -2.27. The monoisotopic (exact) mass is 523 g/mol. The number of carbonyl (C=O) groups excluding carboxylic acids is 1. The van der Waals surface area contributed by atoms with Crippen LogP contribution in [-0.4, -0.2) is 52.0 Å². The summed E-state index contributed by atoms with van der Waals surface area (Å²) in [6.45, 7) is 11.1. The number of hydrogen-bond donors (Lipinski definition) is 3. The summed E-state index contributed by atoms with van der Waals surface area (Å²) in [6, 6.07) is 1.72. The van der Waals surface area contributed by atoms with Gasteiger partial charge in [0.25, 0.3) is 0 Å². The lowest BCUT2D eigenvalue weighted by molar-refractivity contribution is 0.0256. The van der Waals surface area contributed by atoms with Crippen molar-refractivity contribution in [3.63, 3.8) is 0 Å². The Morgan fingerprint density at radius 1 is 1.31 bits per heavy atom. The average molecular weight is 524 g/mol. The van der Waals surface area contributed by atoms with Gasteiger partial charge in [0.2, 0.25) is 0 Å². The molecule has 5 N–H and O–H groups in total. The quantitative estimate of drug-likeness (QED) is 0.184. The molecule has 0 radical (unpaired) electrons. The number of aromatic nitrogens is 2. The van der Waals surface area contributed by atoms with E-state index in [9.17, 15) is 13.6 Å². The van der Waals surface area contributed by atoms with E-state index in [2.05, 4.69) is 27.3 Å². The van der Waals surface area contributed by atoms with Crippen molar-refractivity contribution in [3.8, 4) is 10.4 Å². The standard InChI is InChI=1S/C24H35F2N7O2S/c1-7-33(23(34)35-24(4,5)6)9-8-14(2)22-31-13-19(36-22)16-10-17(20(27)29-11-16)21(32-28)30-12-18(26)15(3)25/h10-11,13-14H,7-9,12,28H2,1-6H3,(H2,27,29)(H,30,32)/b18-15-. The van der Waals surface area contributed by atoms with Crippen molar-refractivity contribution in [2.24, 2.45) is 10.8 Å². The minimum Gasteiger partial charge on any atom is -0.444 e. The van der Waals surface area contributed by atoms with Gasteiger partial charge in [-0.3, -0.25) is 4.99 Å². The summed E-state index contributed by atoms with van der Waals surface area (Å²) < 4.78 is 32.1. The van der Waals surface area contributed by atoms with Gasteiger partial charge in [0.15, 0.2) is 5.83 Å². The number of hydrazine groups is 1. The topological polar surface area (TPSA) is 132 Å². The summed E-state index contributed by atoms with van der Waals surface area (Å²) in [5.74, 6) is 3.92. The number of allylic oxidation sites excluding steroid dienone is 1. The molecule has 0 fully saturated rings. The van der Waals surface area contributed by atoms with E-state index in [4.69, 9.17) is 16.3 Å². The lowest BCUT2D eigenvalue weighted by Crippen LogP contribution is -2.37. The van der Waals surface area contributed by atoms with Gasteiger partial charge >= 0.3 is 6.09 Å². The first-order valence-corrected chi connectivity index (χ1v) is 12.4. The van der Waals surface area contributed by atoms with Crippen LogP contribution in [-0.2, 0) is 4.74 Å². The van der Waals surface area contributed by atoms with Crippen molar-refractivity contribution in [1.82, 2.24) is 20.3 Å². The Hall–Kier alpha value is -3.12. The van der Waals surface area contributed by atoms with Gasteiger partial charge in [0.05, 0.1) is 22.0 Å². The molecule has 1 unspecified atom stereocenters. The number of thiazole rings is 1. The van der Waals surface area contributed by atoms with Gasteiger partial charge in [-0.15, -0.1) is 11.3 Å². The van der Waals surface area contributed by atoms with Crippen molar-refractivity contribution in [1.29, 1.82) is 0 Å². The van der Waals surface area contributed by atoms with Crippen LogP contribution in [0.1, 0.15) is 64.5 Å². The highest BCUT2D eigenvalue weighted by molar-refractivity contribution is 7.15. The van der Waals surface area contributed by atoms with Gasteiger partial charge in [0, 0.05) is 37.0 Å². The molecule has 0 saturated heterocycles. The first-order chi connectivity index (χ1) is 16.9. The zero-order valence-electron chi connectivity index (χ0n) is 21.6. The van der Waals surface area contributed by atoms with Crippen LogP contribution in [0.3, 0.4) is 0 Å². The molecule has 2 heterocycles. The predicted molar refractivity (Wildman–Crippen MR) is 140 cm³/mol. The summed E-state index contributed by atoms with van der Waals surface area (Å²) >= 11 is 1.49. The molecule has 0 aromatic carbocycles. The number of carbonyl (C=O) groups is 1. The van der Waals surface area contributed by atoms with E-state index in [1.165, 1.54) is 11.3 Å². The molecule has 9 nitrogen and oxygen atoms in total. The molecule has 0 aliphatic carbocycles. The van der Waals surface area contributed by atoms with Crippen molar-refractivity contribution >= 4 is 29.1 Å². The second kappa shape index (κ2) is 12.7. The SMILES string of the molecule is CCN(CCC(C)c1ncc(-c2cnc(N)c(C(=NC/C(F)=C(\C)F)NN)c2)s1)C(=O)OC(C)(C)C. The van der Waals surface area contributed by atoms with E-state index >= 15 is 0 Å². The van der Waals surface area contributed by atoms with Crippen molar-refractivity contribution in [3.05, 3.63) is 40.7 Å². The zero-order chi connectivity index (χ0) is 27.0. The number of hydrogen-bond acceptors (Lipinski definition) is 8. The molecule has 1 atom stereocenters. The molecule has 198 valence electrons. The molecule has 36 heavy (non-hydrogen) atoms. The highest BCUT2D eigenvalue weighted by atomic mass is 32.1. The van der Waals surface area contributed by atoms with Crippen LogP contribution in [0, 0.1) is 0 Å². The molecule has 2 aromatic rings. The summed E-state index contributed by atoms with van der Waals surface area (Å²) in [5.41, 5.74) is 8.89. The number of rotatable bonds is 9. The summed E-state index contributed by atoms with van der Waals surface area (Å²) in [6.07, 6.45) is 3.72. The molecule has 0 bridgehead atoms. The zero-order valence-corrected chi connectivity index (χ0v) is 22.4. The number of pyridine rings is 1. The molecule has 0 saturated carbocycles. The molecular weight excluding hydrogens is 488 g/mol. The van der Waals surface area contributed by atoms with Crippen molar-refractivity contribution < 1.29 is 18.3 Å². The molecule has 2 rings (SSSR count). The van der Waals surface area contributed by atoms with Crippen molar-refractivity contribution in [2.75, 3.05) is 25.4 Å². The minimum absolute atomic E-state index is 0.0816. The Morgan fingerprint density at radius 2 is 2.00 bits per heavy atom. The second-order valence-corrected chi connectivity index (χ2v) is 10.3. The Bertz CT molecular complexity index is 1110. The van der Waals surface area contributed by atoms with Crippen LogP contribution in [0.5, 0.6) is 0 Å². The fraction of sp³-hybridized carbons (Fsp3) is 0.500. The van der Waals surface area contributed by atoms with Gasteiger partial charge < -0.3 is 20.8 Å². The number of nitrogens with zero attached hydrogens (tertiary/aromatic N) is 4. The summed E-state index contributed by atoms with van der Waals surface area (Å²) in [5, 5.41) is 0.903. The first kappa shape index (κ1) is 29.1. The van der Waals surface area contributed by atoms with Crippen LogP contribution in [0.4, 0.5) is 19.4 Å². The Morgan fingerprint density at radius 3 is 2.58 bits per heavy atom. The fourth-order valence-electron chi connectivity index (χ4n) is 3.09. The first-order valence-electron chi connectivity index (χ1n) is 11.6. The third kappa shape index (κ3) is 8.23. The number of nitrogens with one attached hydrogen (secondary N) is 1. The Labute approximate surface area is 214 Å². The number of nitrogen functional groups attached to an aromatic ring is 1. The number of ether oxygens (including phenoxy) is 1. The van der Waals surface area contributed by atoms with E-state index < -0.39 is 23.8 Å². The van der Waals surface area contributed by atoms with Crippen LogP contribution in [0.15, 0.2) is 35.1 Å². The lowest BCUT2D eigenvalue weighted by atomic mass is 10.1. The summed E-state index contributed by atoms with van der Waals surface area (Å²) in [7, 11) is 0. The predicted octanol–water partition coefficient (Wildman–Crippen LogP) is 4.92. The van der Waals surface area contributed by atoms with Gasteiger partial charge in [-0.1, -0.05) is 6.92 Å². The molecule has 1 amide bonds. The number of anilines is 1. The molecular formula is C24H35F2N7O2S. The van der Waals surface area contributed by atoms with E-state index in [0.29, 0.717) is 25.1 Å².